The van der Waals surface area contributed by atoms with Gasteiger partial charge in [-0.1, -0.05) is 0 Å². The summed E-state index contributed by atoms with van der Waals surface area (Å²) in [6, 6.07) is 0. The molecule has 0 aliphatic rings. The van der Waals surface area contributed by atoms with E-state index in [9.17, 15) is 10.4 Å². The minimum atomic E-state index is 0.272. The van der Waals surface area contributed by atoms with Crippen LogP contribution in [0.15, 0.2) is 0 Å². The summed E-state index contributed by atoms with van der Waals surface area (Å²) < 4.78 is 3.48. The first-order valence-corrected chi connectivity index (χ1v) is 5.37. The minimum Gasteiger partial charge on any atom is -0.710 e. The Bertz CT molecular complexity index is 570. The molecule has 0 unspecified atom stereocenters. The van der Waals surface area contributed by atoms with Crippen LogP contribution in [-0.4, -0.2) is 19.5 Å². The number of nitrogens with zero attached hydrogens (tertiary/aromatic N) is 4. The summed E-state index contributed by atoms with van der Waals surface area (Å²) in [6.45, 7) is 7.15. The van der Waals surface area contributed by atoms with Crippen molar-refractivity contribution in [3.05, 3.63) is 28.0 Å². The van der Waals surface area contributed by atoms with E-state index in [-0.39, 0.29) is 5.82 Å². The molecule has 0 fully saturated rings. The Hall–Kier alpha value is -1.98. The predicted octanol–water partition coefficient (Wildman–Crippen LogP) is 0.993. The molecule has 0 amide bonds. The van der Waals surface area contributed by atoms with Crippen LogP contribution in [0.3, 0.4) is 0 Å². The highest BCUT2D eigenvalue weighted by Crippen LogP contribution is 2.20. The summed E-state index contributed by atoms with van der Waals surface area (Å²) in [5.74, 6) is 0.618. The first kappa shape index (κ1) is 11.5. The molecule has 6 nitrogen and oxygen atoms in total. The van der Waals surface area contributed by atoms with Crippen LogP contribution in [0.5, 0.6) is 0 Å². The molecule has 0 spiro atoms. The number of imidazole rings is 2. The lowest BCUT2D eigenvalue weighted by Gasteiger charge is -2.04. The Morgan fingerprint density at radius 3 is 2.12 bits per heavy atom. The van der Waals surface area contributed by atoms with Gasteiger partial charge >= 0.3 is 5.82 Å². The second-order valence-electron chi connectivity index (χ2n) is 4.27. The van der Waals surface area contributed by atoms with Crippen LogP contribution in [0, 0.1) is 32.9 Å². The van der Waals surface area contributed by atoms with Gasteiger partial charge in [0.05, 0.1) is 18.4 Å². The van der Waals surface area contributed by atoms with Gasteiger partial charge in [0, 0.05) is 13.8 Å². The normalized spacial score (nSPS) is 11.1. The van der Waals surface area contributed by atoms with Crippen molar-refractivity contribution in [1.29, 1.82) is 0 Å². The van der Waals surface area contributed by atoms with Crippen LogP contribution in [-0.2, 0) is 7.05 Å². The highest BCUT2D eigenvalue weighted by atomic mass is 16.5. The lowest BCUT2D eigenvalue weighted by atomic mass is 10.4. The summed E-state index contributed by atoms with van der Waals surface area (Å²) in [5, 5.41) is 21.9. The summed E-state index contributed by atoms with van der Waals surface area (Å²) in [7, 11) is 1.78. The zero-order valence-electron chi connectivity index (χ0n) is 10.6. The highest BCUT2D eigenvalue weighted by molar-refractivity contribution is 5.45. The smallest absolute Gasteiger partial charge is 0.332 e. The molecule has 0 aromatic carbocycles. The minimum absolute atomic E-state index is 0.272. The SMILES string of the molecule is Cc1nc(-c2n(C)c(C)c(C)[n+]2[O-])n(O)c1C. The Morgan fingerprint density at radius 1 is 1.18 bits per heavy atom. The van der Waals surface area contributed by atoms with Gasteiger partial charge in [0.2, 0.25) is 0 Å². The van der Waals surface area contributed by atoms with Crippen molar-refractivity contribution in [3.63, 3.8) is 0 Å². The van der Waals surface area contributed by atoms with Gasteiger partial charge in [0.25, 0.3) is 5.82 Å². The topological polar surface area (TPSA) is 69.9 Å². The average molecular weight is 236 g/mol. The first-order valence-electron chi connectivity index (χ1n) is 5.37. The van der Waals surface area contributed by atoms with E-state index in [1.54, 1.807) is 32.4 Å². The molecule has 17 heavy (non-hydrogen) atoms. The van der Waals surface area contributed by atoms with Gasteiger partial charge in [-0.05, 0) is 13.8 Å². The molecule has 0 atom stereocenters. The molecule has 1 N–H and O–H groups in total. The zero-order valence-corrected chi connectivity index (χ0v) is 10.6. The predicted molar refractivity (Wildman–Crippen MR) is 61.7 cm³/mol. The first-order chi connectivity index (χ1) is 7.86. The summed E-state index contributed by atoms with van der Waals surface area (Å²) in [5.41, 5.74) is 2.81. The number of aryl methyl sites for hydroxylation is 1. The Kier molecular flexibility index (Phi) is 2.38. The zero-order chi connectivity index (χ0) is 12.9. The molecule has 2 aromatic rings. The second-order valence-corrected chi connectivity index (χ2v) is 4.27. The van der Waals surface area contributed by atoms with E-state index in [0.29, 0.717) is 22.9 Å². The van der Waals surface area contributed by atoms with E-state index in [2.05, 4.69) is 4.98 Å². The van der Waals surface area contributed by atoms with Crippen LogP contribution in [0.25, 0.3) is 11.6 Å². The molecule has 2 aromatic heterocycles. The number of rotatable bonds is 1. The molecular weight excluding hydrogens is 220 g/mol. The summed E-state index contributed by atoms with van der Waals surface area (Å²) >= 11 is 0. The number of hydrogen-bond acceptors (Lipinski definition) is 3. The van der Waals surface area contributed by atoms with Gasteiger partial charge in [-0.15, -0.1) is 0 Å². The van der Waals surface area contributed by atoms with Crippen LogP contribution < -0.4 is 4.73 Å². The van der Waals surface area contributed by atoms with Crippen molar-refractivity contribution < 1.29 is 9.94 Å². The third kappa shape index (κ3) is 1.40. The molecule has 0 bridgehead atoms. The molecule has 0 radical (unpaired) electrons. The van der Waals surface area contributed by atoms with Crippen molar-refractivity contribution in [1.82, 2.24) is 14.3 Å². The summed E-state index contributed by atoms with van der Waals surface area (Å²) in [6.07, 6.45) is 0. The van der Waals surface area contributed by atoms with Crippen molar-refractivity contribution >= 4 is 0 Å². The maximum absolute atomic E-state index is 12.0. The van der Waals surface area contributed by atoms with Crippen molar-refractivity contribution in [2.45, 2.75) is 27.7 Å². The van der Waals surface area contributed by atoms with Crippen molar-refractivity contribution in [3.8, 4) is 11.6 Å². The Morgan fingerprint density at radius 2 is 1.76 bits per heavy atom. The van der Waals surface area contributed by atoms with Crippen LogP contribution in [0.1, 0.15) is 22.8 Å². The molecule has 92 valence electrons. The second kappa shape index (κ2) is 3.51. The standard InChI is InChI=1S/C11H16N4O2/c1-6-7(2)14(16)10(12-6)11-13(5)8(3)9(4)15(11)17/h16H,1-5H3. The van der Waals surface area contributed by atoms with Gasteiger partial charge in [-0.3, -0.25) is 0 Å². The lowest BCUT2D eigenvalue weighted by Crippen LogP contribution is -2.31. The van der Waals surface area contributed by atoms with E-state index < -0.39 is 0 Å². The van der Waals surface area contributed by atoms with Crippen LogP contribution >= 0.6 is 0 Å². The fraction of sp³-hybridized carbons (Fsp3) is 0.455. The van der Waals surface area contributed by atoms with Crippen LogP contribution in [0.4, 0.5) is 0 Å². The quantitative estimate of drug-likeness (QED) is 0.456. The fourth-order valence-corrected chi connectivity index (χ4v) is 1.83. The summed E-state index contributed by atoms with van der Waals surface area (Å²) in [4.78, 5) is 4.23. The molecule has 0 aliphatic carbocycles. The molecule has 0 saturated carbocycles. The van der Waals surface area contributed by atoms with Crippen molar-refractivity contribution in [2.75, 3.05) is 0 Å². The maximum Gasteiger partial charge on any atom is 0.332 e. The van der Waals surface area contributed by atoms with E-state index >= 15 is 0 Å². The van der Waals surface area contributed by atoms with E-state index in [0.717, 1.165) is 15.2 Å². The average Bonchev–Trinajstić information content (AvgIpc) is 2.64. The third-order valence-electron chi connectivity index (χ3n) is 3.36. The Balaban J connectivity index is 2.77. The molecule has 2 heterocycles. The van der Waals surface area contributed by atoms with Gasteiger partial charge in [0.15, 0.2) is 0 Å². The molecular formula is C11H16N4O2. The lowest BCUT2D eigenvalue weighted by molar-refractivity contribution is -0.600. The van der Waals surface area contributed by atoms with Crippen molar-refractivity contribution in [2.24, 2.45) is 7.05 Å². The number of hydrogen-bond donors (Lipinski definition) is 1. The maximum atomic E-state index is 12.0. The largest absolute Gasteiger partial charge is 0.710 e. The van der Waals surface area contributed by atoms with Gasteiger partial charge in [-0.25, -0.2) is 14.3 Å². The third-order valence-corrected chi connectivity index (χ3v) is 3.36. The Labute approximate surface area is 99.3 Å². The molecule has 6 heteroatoms. The monoisotopic (exact) mass is 236 g/mol. The van der Waals surface area contributed by atoms with Gasteiger partial charge in [0.1, 0.15) is 11.4 Å². The molecule has 0 aliphatic heterocycles. The fourth-order valence-electron chi connectivity index (χ4n) is 1.83. The molecule has 2 rings (SSSR count). The van der Waals surface area contributed by atoms with Gasteiger partial charge < -0.3 is 10.4 Å². The van der Waals surface area contributed by atoms with Gasteiger partial charge in [-0.2, -0.15) is 4.73 Å². The number of aromatic nitrogens is 4. The van der Waals surface area contributed by atoms with E-state index in [1.807, 2.05) is 6.92 Å². The van der Waals surface area contributed by atoms with Crippen LogP contribution in [0.2, 0.25) is 0 Å². The van der Waals surface area contributed by atoms with E-state index in [4.69, 9.17) is 0 Å². The molecule has 0 saturated heterocycles. The highest BCUT2D eigenvalue weighted by Gasteiger charge is 2.26. The van der Waals surface area contributed by atoms with E-state index in [1.165, 1.54) is 0 Å².